The summed E-state index contributed by atoms with van der Waals surface area (Å²) in [5, 5.41) is 2.10. The maximum atomic E-state index is 12.5. The molecule has 3 nitrogen and oxygen atoms in total. The van der Waals surface area contributed by atoms with Gasteiger partial charge in [0.1, 0.15) is 5.75 Å². The zero-order chi connectivity index (χ0) is 14.8. The van der Waals surface area contributed by atoms with Crippen molar-refractivity contribution in [3.05, 3.63) is 51.7 Å². The first-order valence-electron chi connectivity index (χ1n) is 7.21. The lowest BCUT2D eigenvalue weighted by molar-refractivity contribution is -0.138. The fourth-order valence-electron chi connectivity index (χ4n) is 2.64. The normalized spacial score (nSPS) is 15.4. The van der Waals surface area contributed by atoms with Crippen molar-refractivity contribution in [1.82, 2.24) is 4.90 Å². The van der Waals surface area contributed by atoms with Crippen LogP contribution in [0.3, 0.4) is 0 Å². The molecule has 1 aliphatic rings. The SMILES string of the molecule is Cc1cccc(OC(C)C(=O)N2CCc3sccc3C2)c1. The van der Waals surface area contributed by atoms with E-state index in [1.807, 2.05) is 43.0 Å². The first-order valence-corrected chi connectivity index (χ1v) is 8.09. The highest BCUT2D eigenvalue weighted by atomic mass is 32.1. The van der Waals surface area contributed by atoms with Gasteiger partial charge in [-0.2, -0.15) is 0 Å². The third kappa shape index (κ3) is 3.10. The van der Waals surface area contributed by atoms with Crippen LogP contribution in [0.4, 0.5) is 0 Å². The predicted molar refractivity (Wildman–Crippen MR) is 84.7 cm³/mol. The zero-order valence-electron chi connectivity index (χ0n) is 12.3. The van der Waals surface area contributed by atoms with E-state index in [1.165, 1.54) is 10.4 Å². The van der Waals surface area contributed by atoms with E-state index in [0.29, 0.717) is 6.54 Å². The van der Waals surface area contributed by atoms with Crippen molar-refractivity contribution in [2.24, 2.45) is 0 Å². The van der Waals surface area contributed by atoms with Gasteiger partial charge in [0.05, 0.1) is 0 Å². The smallest absolute Gasteiger partial charge is 0.263 e. The molecule has 3 rings (SSSR count). The van der Waals surface area contributed by atoms with Crippen LogP contribution in [0.15, 0.2) is 35.7 Å². The van der Waals surface area contributed by atoms with E-state index in [-0.39, 0.29) is 5.91 Å². The summed E-state index contributed by atoms with van der Waals surface area (Å²) in [7, 11) is 0. The van der Waals surface area contributed by atoms with Crippen molar-refractivity contribution in [3.8, 4) is 5.75 Å². The molecule has 0 saturated carbocycles. The van der Waals surface area contributed by atoms with Gasteiger partial charge < -0.3 is 9.64 Å². The molecule has 1 amide bonds. The van der Waals surface area contributed by atoms with E-state index in [4.69, 9.17) is 4.74 Å². The summed E-state index contributed by atoms with van der Waals surface area (Å²) < 4.78 is 5.79. The number of carbonyl (C=O) groups excluding carboxylic acids is 1. The lowest BCUT2D eigenvalue weighted by atomic mass is 10.1. The lowest BCUT2D eigenvalue weighted by Gasteiger charge is -2.29. The molecule has 2 heterocycles. The summed E-state index contributed by atoms with van der Waals surface area (Å²) in [6, 6.07) is 9.93. The summed E-state index contributed by atoms with van der Waals surface area (Å²) in [5.41, 5.74) is 2.41. The van der Waals surface area contributed by atoms with E-state index in [0.717, 1.165) is 24.3 Å². The van der Waals surface area contributed by atoms with Crippen LogP contribution >= 0.6 is 11.3 Å². The second kappa shape index (κ2) is 5.90. The molecule has 1 unspecified atom stereocenters. The van der Waals surface area contributed by atoms with Crippen LogP contribution in [0.1, 0.15) is 22.9 Å². The van der Waals surface area contributed by atoms with Gasteiger partial charge >= 0.3 is 0 Å². The zero-order valence-corrected chi connectivity index (χ0v) is 13.2. The maximum absolute atomic E-state index is 12.5. The van der Waals surface area contributed by atoms with Gasteiger partial charge in [0.25, 0.3) is 5.91 Å². The van der Waals surface area contributed by atoms with Crippen LogP contribution < -0.4 is 4.74 Å². The largest absolute Gasteiger partial charge is 0.481 e. The number of rotatable bonds is 3. The first kappa shape index (κ1) is 14.1. The second-order valence-electron chi connectivity index (χ2n) is 5.46. The van der Waals surface area contributed by atoms with Gasteiger partial charge in [-0.3, -0.25) is 4.79 Å². The van der Waals surface area contributed by atoms with E-state index in [2.05, 4.69) is 11.4 Å². The quantitative estimate of drug-likeness (QED) is 0.869. The molecule has 0 saturated heterocycles. The minimum Gasteiger partial charge on any atom is -0.481 e. The average molecular weight is 301 g/mol. The molecule has 21 heavy (non-hydrogen) atoms. The molecule has 110 valence electrons. The van der Waals surface area contributed by atoms with E-state index < -0.39 is 6.10 Å². The number of benzene rings is 1. The molecule has 0 fully saturated rings. The number of fused-ring (bicyclic) bond motifs is 1. The Kier molecular flexibility index (Phi) is 3.97. The Bertz CT molecular complexity index is 650. The van der Waals surface area contributed by atoms with Crippen molar-refractivity contribution in [2.45, 2.75) is 32.9 Å². The summed E-state index contributed by atoms with van der Waals surface area (Å²) in [6.07, 6.45) is 0.502. The van der Waals surface area contributed by atoms with Crippen LogP contribution in [0.25, 0.3) is 0 Å². The third-order valence-electron chi connectivity index (χ3n) is 3.77. The van der Waals surface area contributed by atoms with Gasteiger partial charge in [-0.25, -0.2) is 0 Å². The maximum Gasteiger partial charge on any atom is 0.263 e. The number of thiophene rings is 1. The Balaban J connectivity index is 1.65. The van der Waals surface area contributed by atoms with Gasteiger partial charge in [0, 0.05) is 18.0 Å². The van der Waals surface area contributed by atoms with Gasteiger partial charge in [-0.05, 0) is 55.0 Å². The number of nitrogens with zero attached hydrogens (tertiary/aromatic N) is 1. The molecule has 0 spiro atoms. The van der Waals surface area contributed by atoms with E-state index in [1.54, 1.807) is 11.3 Å². The topological polar surface area (TPSA) is 29.5 Å². The number of aryl methyl sites for hydroxylation is 1. The van der Waals surface area contributed by atoms with Crippen LogP contribution in [-0.2, 0) is 17.8 Å². The summed E-state index contributed by atoms with van der Waals surface area (Å²) in [4.78, 5) is 15.8. The number of hydrogen-bond donors (Lipinski definition) is 0. The number of amides is 1. The van der Waals surface area contributed by atoms with Crippen molar-refractivity contribution < 1.29 is 9.53 Å². The molecular formula is C17H19NO2S. The molecule has 1 aromatic heterocycles. The molecular weight excluding hydrogens is 282 g/mol. The van der Waals surface area contributed by atoms with Crippen molar-refractivity contribution in [3.63, 3.8) is 0 Å². The van der Waals surface area contributed by atoms with Crippen LogP contribution in [-0.4, -0.2) is 23.5 Å². The number of carbonyl (C=O) groups is 1. The van der Waals surface area contributed by atoms with E-state index >= 15 is 0 Å². The molecule has 0 radical (unpaired) electrons. The molecule has 0 N–H and O–H groups in total. The number of ether oxygens (including phenoxy) is 1. The Morgan fingerprint density at radius 3 is 3.05 bits per heavy atom. The fraction of sp³-hybridized carbons (Fsp3) is 0.353. The van der Waals surface area contributed by atoms with Crippen LogP contribution in [0.2, 0.25) is 0 Å². The van der Waals surface area contributed by atoms with Crippen molar-refractivity contribution in [1.29, 1.82) is 0 Å². The van der Waals surface area contributed by atoms with Crippen molar-refractivity contribution >= 4 is 17.2 Å². The highest BCUT2D eigenvalue weighted by molar-refractivity contribution is 7.10. The molecule has 0 aliphatic carbocycles. The summed E-state index contributed by atoms with van der Waals surface area (Å²) in [6.45, 7) is 5.34. The second-order valence-corrected chi connectivity index (χ2v) is 6.46. The Morgan fingerprint density at radius 2 is 2.24 bits per heavy atom. The van der Waals surface area contributed by atoms with Crippen LogP contribution in [0, 0.1) is 6.92 Å². The lowest BCUT2D eigenvalue weighted by Crippen LogP contribution is -2.42. The Hall–Kier alpha value is -1.81. The molecule has 1 atom stereocenters. The molecule has 4 heteroatoms. The number of hydrogen-bond acceptors (Lipinski definition) is 3. The minimum atomic E-state index is -0.452. The Morgan fingerprint density at radius 1 is 1.38 bits per heavy atom. The molecule has 1 aliphatic heterocycles. The first-order chi connectivity index (χ1) is 10.1. The standard InChI is InChI=1S/C17H19NO2S/c1-12-4-3-5-15(10-12)20-13(2)17(19)18-8-6-16-14(11-18)7-9-21-16/h3-5,7,9-10,13H,6,8,11H2,1-2H3. The molecule has 0 bridgehead atoms. The minimum absolute atomic E-state index is 0.0633. The van der Waals surface area contributed by atoms with Gasteiger partial charge in [-0.15, -0.1) is 11.3 Å². The monoisotopic (exact) mass is 301 g/mol. The Labute approximate surface area is 129 Å². The van der Waals surface area contributed by atoms with Crippen LogP contribution in [0.5, 0.6) is 5.75 Å². The third-order valence-corrected chi connectivity index (χ3v) is 4.79. The average Bonchev–Trinajstić information content (AvgIpc) is 2.93. The highest BCUT2D eigenvalue weighted by Gasteiger charge is 2.26. The predicted octanol–water partition coefficient (Wildman–Crippen LogP) is 3.41. The van der Waals surface area contributed by atoms with Gasteiger partial charge in [0.2, 0.25) is 0 Å². The van der Waals surface area contributed by atoms with Gasteiger partial charge in [0.15, 0.2) is 6.10 Å². The van der Waals surface area contributed by atoms with Crippen molar-refractivity contribution in [2.75, 3.05) is 6.54 Å². The van der Waals surface area contributed by atoms with E-state index in [9.17, 15) is 4.79 Å². The highest BCUT2D eigenvalue weighted by Crippen LogP contribution is 2.25. The molecule has 2 aromatic rings. The summed E-state index contributed by atoms with van der Waals surface area (Å²) >= 11 is 1.78. The summed E-state index contributed by atoms with van der Waals surface area (Å²) in [5.74, 6) is 0.817. The molecule has 1 aromatic carbocycles. The fourth-order valence-corrected chi connectivity index (χ4v) is 3.53. The van der Waals surface area contributed by atoms with Gasteiger partial charge in [-0.1, -0.05) is 12.1 Å².